The van der Waals surface area contributed by atoms with Gasteiger partial charge in [-0.05, 0) is 30.2 Å². The Morgan fingerprint density at radius 2 is 2.00 bits per heavy atom. The van der Waals surface area contributed by atoms with Crippen molar-refractivity contribution < 1.29 is 13.6 Å². The molecule has 0 saturated heterocycles. The maximum Gasteiger partial charge on any atom is 0.315 e. The third-order valence-electron chi connectivity index (χ3n) is 4.60. The molecular formula is C21H19F2N5O. The third kappa shape index (κ3) is 4.26. The van der Waals surface area contributed by atoms with Crippen molar-refractivity contribution in [2.45, 2.75) is 13.0 Å². The summed E-state index contributed by atoms with van der Waals surface area (Å²) >= 11 is 0. The molecule has 4 rings (SSSR count). The smallest absolute Gasteiger partial charge is 0.315 e. The summed E-state index contributed by atoms with van der Waals surface area (Å²) in [5, 5.41) is 10.8. The van der Waals surface area contributed by atoms with Gasteiger partial charge in [-0.25, -0.2) is 18.3 Å². The molecule has 148 valence electrons. The van der Waals surface area contributed by atoms with Gasteiger partial charge in [0.2, 0.25) is 0 Å². The number of nitrogens with zero attached hydrogens (tertiary/aromatic N) is 2. The molecular weight excluding hydrogens is 376 g/mol. The zero-order valence-corrected chi connectivity index (χ0v) is 15.5. The number of urea groups is 1. The van der Waals surface area contributed by atoms with Crippen LogP contribution in [0.15, 0.2) is 61.1 Å². The molecule has 0 spiro atoms. The van der Waals surface area contributed by atoms with Crippen molar-refractivity contribution in [3.63, 3.8) is 0 Å². The van der Waals surface area contributed by atoms with E-state index in [1.807, 2.05) is 30.5 Å². The maximum absolute atomic E-state index is 13.8. The first-order chi connectivity index (χ1) is 14.1. The Bertz CT molecular complexity index is 1150. The molecule has 4 aromatic rings. The van der Waals surface area contributed by atoms with Crippen LogP contribution in [0.4, 0.5) is 13.6 Å². The lowest BCUT2D eigenvalue weighted by Gasteiger charge is -2.06. The Labute approximate surface area is 165 Å². The van der Waals surface area contributed by atoms with E-state index in [2.05, 4.69) is 20.7 Å². The highest BCUT2D eigenvalue weighted by atomic mass is 19.1. The third-order valence-corrected chi connectivity index (χ3v) is 4.60. The molecule has 0 fully saturated rings. The Kier molecular flexibility index (Phi) is 5.24. The van der Waals surface area contributed by atoms with Crippen LogP contribution in [0.3, 0.4) is 0 Å². The van der Waals surface area contributed by atoms with Crippen molar-refractivity contribution in [3.05, 3.63) is 83.8 Å². The van der Waals surface area contributed by atoms with E-state index in [0.29, 0.717) is 18.5 Å². The molecule has 0 bridgehead atoms. The highest BCUT2D eigenvalue weighted by Gasteiger charge is 2.09. The Morgan fingerprint density at radius 1 is 1.14 bits per heavy atom. The van der Waals surface area contributed by atoms with E-state index in [0.717, 1.165) is 22.5 Å². The van der Waals surface area contributed by atoms with E-state index in [1.165, 1.54) is 23.0 Å². The first kappa shape index (κ1) is 18.7. The Morgan fingerprint density at radius 3 is 2.86 bits per heavy atom. The topological polar surface area (TPSA) is 74.7 Å². The van der Waals surface area contributed by atoms with Gasteiger partial charge in [-0.2, -0.15) is 5.10 Å². The van der Waals surface area contributed by atoms with E-state index >= 15 is 0 Å². The van der Waals surface area contributed by atoms with Gasteiger partial charge in [0.25, 0.3) is 0 Å². The lowest BCUT2D eigenvalue weighted by Crippen LogP contribution is -2.36. The molecule has 0 aliphatic carbocycles. The van der Waals surface area contributed by atoms with Crippen LogP contribution >= 0.6 is 0 Å². The van der Waals surface area contributed by atoms with Crippen LogP contribution in [0.1, 0.15) is 11.1 Å². The molecule has 0 saturated carbocycles. The summed E-state index contributed by atoms with van der Waals surface area (Å²) in [4.78, 5) is 15.2. The zero-order valence-electron chi connectivity index (χ0n) is 15.5. The number of fused-ring (bicyclic) bond motifs is 1. The summed E-state index contributed by atoms with van der Waals surface area (Å²) in [5.41, 5.74) is 3.05. The van der Waals surface area contributed by atoms with Gasteiger partial charge in [0, 0.05) is 48.0 Å². The van der Waals surface area contributed by atoms with E-state index in [1.54, 1.807) is 6.20 Å². The molecule has 0 aliphatic heterocycles. The molecule has 0 unspecified atom stereocenters. The molecule has 29 heavy (non-hydrogen) atoms. The van der Waals surface area contributed by atoms with Crippen molar-refractivity contribution in [2.75, 3.05) is 6.54 Å². The van der Waals surface area contributed by atoms with Gasteiger partial charge < -0.3 is 15.6 Å². The fourth-order valence-electron chi connectivity index (χ4n) is 3.14. The van der Waals surface area contributed by atoms with Crippen LogP contribution in [-0.2, 0) is 13.0 Å². The lowest BCUT2D eigenvalue weighted by atomic mass is 10.1. The number of hydrogen-bond acceptors (Lipinski definition) is 2. The molecule has 2 heterocycles. The number of carbonyl (C=O) groups is 1. The number of carbonyl (C=O) groups excluding carboxylic acids is 1. The normalized spacial score (nSPS) is 11.0. The fourth-order valence-corrected chi connectivity index (χ4v) is 3.14. The van der Waals surface area contributed by atoms with Crippen molar-refractivity contribution in [2.24, 2.45) is 0 Å². The fraction of sp³-hybridized carbons (Fsp3) is 0.143. The second-order valence-corrected chi connectivity index (χ2v) is 6.61. The quantitative estimate of drug-likeness (QED) is 0.466. The van der Waals surface area contributed by atoms with Gasteiger partial charge in [0.05, 0.1) is 6.20 Å². The maximum atomic E-state index is 13.8. The number of aromatic amines is 1. The first-order valence-corrected chi connectivity index (χ1v) is 9.16. The van der Waals surface area contributed by atoms with E-state index in [9.17, 15) is 13.6 Å². The molecule has 2 aromatic carbocycles. The number of amides is 2. The second-order valence-electron chi connectivity index (χ2n) is 6.61. The van der Waals surface area contributed by atoms with E-state index < -0.39 is 11.6 Å². The minimum atomic E-state index is -0.706. The molecule has 2 aromatic heterocycles. The molecule has 0 atom stereocenters. The lowest BCUT2D eigenvalue weighted by molar-refractivity contribution is 0.240. The standard InChI is InChI=1S/C21H19F2N5O/c22-16-5-6-20(18(23)9-16)28-13-14(11-27-28)10-26-21(29)24-8-7-15-12-25-19-4-2-1-3-17(15)19/h1-6,9,11-13,25H,7-8,10H2,(H2,24,26,29). The SMILES string of the molecule is O=C(NCCc1c[nH]c2ccccc12)NCc1cnn(-c2ccc(F)cc2F)c1. The van der Waals surface area contributed by atoms with Crippen LogP contribution in [0.5, 0.6) is 0 Å². The predicted molar refractivity (Wildman–Crippen MR) is 106 cm³/mol. The predicted octanol–water partition coefficient (Wildman–Crippen LogP) is 3.67. The van der Waals surface area contributed by atoms with Crippen LogP contribution in [0, 0.1) is 11.6 Å². The average molecular weight is 395 g/mol. The van der Waals surface area contributed by atoms with E-state index in [-0.39, 0.29) is 18.3 Å². The van der Waals surface area contributed by atoms with Crippen molar-refractivity contribution in [3.8, 4) is 5.69 Å². The Hall–Kier alpha value is -3.68. The van der Waals surface area contributed by atoms with E-state index in [4.69, 9.17) is 0 Å². The largest absolute Gasteiger partial charge is 0.361 e. The number of benzene rings is 2. The minimum absolute atomic E-state index is 0.140. The summed E-state index contributed by atoms with van der Waals surface area (Å²) in [6.45, 7) is 0.732. The van der Waals surface area contributed by atoms with Gasteiger partial charge >= 0.3 is 6.03 Å². The summed E-state index contributed by atoms with van der Waals surface area (Å²) < 4.78 is 28.2. The minimum Gasteiger partial charge on any atom is -0.361 e. The van der Waals surface area contributed by atoms with Gasteiger partial charge in [-0.3, -0.25) is 0 Å². The van der Waals surface area contributed by atoms with Crippen LogP contribution in [-0.4, -0.2) is 27.3 Å². The Balaban J connectivity index is 1.27. The van der Waals surface area contributed by atoms with Gasteiger partial charge in [0.15, 0.2) is 5.82 Å². The summed E-state index contributed by atoms with van der Waals surface area (Å²) in [6, 6.07) is 11.0. The van der Waals surface area contributed by atoms with Crippen molar-refractivity contribution in [1.82, 2.24) is 25.4 Å². The average Bonchev–Trinajstić information content (AvgIpc) is 3.34. The number of H-pyrrole nitrogens is 1. The molecule has 3 N–H and O–H groups in total. The molecule has 0 aliphatic rings. The molecule has 8 heteroatoms. The monoisotopic (exact) mass is 395 g/mol. The first-order valence-electron chi connectivity index (χ1n) is 9.16. The number of aromatic nitrogens is 3. The van der Waals surface area contributed by atoms with Crippen LogP contribution < -0.4 is 10.6 Å². The number of halogens is 2. The summed E-state index contributed by atoms with van der Waals surface area (Å²) in [7, 11) is 0. The highest BCUT2D eigenvalue weighted by Crippen LogP contribution is 2.17. The summed E-state index contributed by atoms with van der Waals surface area (Å²) in [6.07, 6.45) is 5.77. The highest BCUT2D eigenvalue weighted by molar-refractivity contribution is 5.83. The molecule has 0 radical (unpaired) electrons. The number of nitrogens with one attached hydrogen (secondary N) is 3. The molecule has 6 nitrogen and oxygen atoms in total. The number of rotatable bonds is 6. The second kappa shape index (κ2) is 8.14. The number of hydrogen-bond donors (Lipinski definition) is 3. The summed E-state index contributed by atoms with van der Waals surface area (Å²) in [5.74, 6) is -1.35. The van der Waals surface area contributed by atoms with Crippen molar-refractivity contribution in [1.29, 1.82) is 0 Å². The van der Waals surface area contributed by atoms with Gasteiger partial charge in [0.1, 0.15) is 11.5 Å². The van der Waals surface area contributed by atoms with Gasteiger partial charge in [-0.15, -0.1) is 0 Å². The van der Waals surface area contributed by atoms with Crippen molar-refractivity contribution >= 4 is 16.9 Å². The van der Waals surface area contributed by atoms with Gasteiger partial charge in [-0.1, -0.05) is 18.2 Å². The number of para-hydroxylation sites is 1. The zero-order chi connectivity index (χ0) is 20.2. The van der Waals surface area contributed by atoms with Crippen LogP contribution in [0.25, 0.3) is 16.6 Å². The molecule has 2 amide bonds. The van der Waals surface area contributed by atoms with Crippen LogP contribution in [0.2, 0.25) is 0 Å².